The molecule has 0 aliphatic heterocycles. The fourth-order valence-corrected chi connectivity index (χ4v) is 10.3. The van der Waals surface area contributed by atoms with E-state index in [0.29, 0.717) is 6.61 Å². The van der Waals surface area contributed by atoms with Crippen LogP contribution in [0.4, 0.5) is 0 Å². The Bertz CT molecular complexity index is 850. The summed E-state index contributed by atoms with van der Waals surface area (Å²) in [5, 5.41) is 0. The predicted octanol–water partition coefficient (Wildman–Crippen LogP) is 23.4. The lowest BCUT2D eigenvalue weighted by atomic mass is 10.0. The van der Waals surface area contributed by atoms with Gasteiger partial charge in [0.2, 0.25) is 0 Å². The van der Waals surface area contributed by atoms with Gasteiger partial charge in [-0.3, -0.25) is 0 Å². The minimum Gasteiger partial charge on any atom is -0.463 e. The third kappa shape index (κ3) is 61.2. The van der Waals surface area contributed by atoms with Crippen molar-refractivity contribution in [2.24, 2.45) is 0 Å². The predicted molar refractivity (Wildman–Crippen MR) is 295 cm³/mol. The van der Waals surface area contributed by atoms with Crippen LogP contribution in [0, 0.1) is 0 Å². The molecular formula is C63H124O2. The number of hydrogen-bond donors (Lipinski definition) is 0. The summed E-state index contributed by atoms with van der Waals surface area (Å²) in [4.78, 5) is 11.0. The van der Waals surface area contributed by atoms with Gasteiger partial charge in [-0.15, -0.1) is 0 Å². The first-order valence-electron chi connectivity index (χ1n) is 31.1. The lowest BCUT2D eigenvalue weighted by Crippen LogP contribution is -2.01. The zero-order valence-electron chi connectivity index (χ0n) is 45.3. The van der Waals surface area contributed by atoms with Crippen molar-refractivity contribution < 1.29 is 9.53 Å². The summed E-state index contributed by atoms with van der Waals surface area (Å²) in [6.07, 6.45) is 85.6. The molecule has 2 nitrogen and oxygen atoms in total. The number of unbranched alkanes of at least 4 members (excludes halogenated alkanes) is 57. The van der Waals surface area contributed by atoms with Crippen molar-refractivity contribution in [2.45, 2.75) is 379 Å². The van der Waals surface area contributed by atoms with Crippen LogP contribution in [-0.2, 0) is 9.53 Å². The zero-order valence-corrected chi connectivity index (χ0v) is 45.3. The summed E-state index contributed by atoms with van der Waals surface area (Å²) in [7, 11) is 0. The van der Waals surface area contributed by atoms with Crippen molar-refractivity contribution in [3.05, 3.63) is 12.7 Å². The Morgan fingerprint density at radius 1 is 0.246 bits per heavy atom. The summed E-state index contributed by atoms with van der Waals surface area (Å²) in [5.41, 5.74) is 0. The molecular weight excluding hydrogens is 789 g/mol. The first-order chi connectivity index (χ1) is 32.3. The Labute approximate surface area is 412 Å². The van der Waals surface area contributed by atoms with Crippen LogP contribution in [0.5, 0.6) is 0 Å². The molecule has 0 spiro atoms. The minimum atomic E-state index is -0.293. The molecule has 0 radical (unpaired) electrons. The van der Waals surface area contributed by atoms with Gasteiger partial charge < -0.3 is 4.74 Å². The molecule has 0 heterocycles. The van der Waals surface area contributed by atoms with Crippen molar-refractivity contribution in [2.75, 3.05) is 6.61 Å². The van der Waals surface area contributed by atoms with Crippen LogP contribution in [0.2, 0.25) is 0 Å². The van der Waals surface area contributed by atoms with Crippen molar-refractivity contribution in [1.29, 1.82) is 0 Å². The van der Waals surface area contributed by atoms with E-state index in [1.165, 1.54) is 372 Å². The highest BCUT2D eigenvalue weighted by molar-refractivity contribution is 5.81. The maximum absolute atomic E-state index is 11.0. The summed E-state index contributed by atoms with van der Waals surface area (Å²) in [6, 6.07) is 0. The molecule has 2 heteroatoms. The average Bonchev–Trinajstić information content (AvgIpc) is 3.32. The van der Waals surface area contributed by atoms with Gasteiger partial charge in [0.25, 0.3) is 0 Å². The Morgan fingerprint density at radius 2 is 0.369 bits per heavy atom. The highest BCUT2D eigenvalue weighted by Crippen LogP contribution is 2.19. The van der Waals surface area contributed by atoms with Crippen molar-refractivity contribution in [1.82, 2.24) is 0 Å². The van der Waals surface area contributed by atoms with Gasteiger partial charge in [0.1, 0.15) is 0 Å². The maximum Gasteiger partial charge on any atom is 0.330 e. The lowest BCUT2D eigenvalue weighted by Gasteiger charge is -2.05. The first kappa shape index (κ1) is 64.2. The molecule has 0 aliphatic rings. The highest BCUT2D eigenvalue weighted by Gasteiger charge is 2.01. The second kappa shape index (κ2) is 61.2. The van der Waals surface area contributed by atoms with E-state index in [1.54, 1.807) is 0 Å². The third-order valence-electron chi connectivity index (χ3n) is 14.9. The standard InChI is InChI=1S/C63H124O2/c1-3-5-6-7-8-9-10-11-12-13-14-15-16-17-18-19-20-21-22-23-24-25-26-27-28-29-30-31-32-33-34-35-36-37-38-39-40-41-42-43-44-45-46-47-48-49-50-51-52-53-54-55-56-57-58-59-60-61-62-65-63(64)4-2/h4H,2-3,5-62H2,1H3. The SMILES string of the molecule is C=CC(=O)OCCCCCCCCCCCCCCCCCCCCCCCCCCCCCCCCCCCCCCCCCCCCCCCCCCCCCCCCCCCC. The van der Waals surface area contributed by atoms with E-state index in [0.717, 1.165) is 6.42 Å². The normalized spacial score (nSPS) is 11.5. The quantitative estimate of drug-likeness (QED) is 0.0345. The van der Waals surface area contributed by atoms with E-state index in [1.807, 2.05) is 0 Å². The van der Waals surface area contributed by atoms with Gasteiger partial charge in [-0.05, 0) is 6.42 Å². The second-order valence-electron chi connectivity index (χ2n) is 21.5. The molecule has 0 N–H and O–H groups in total. The Morgan fingerprint density at radius 3 is 0.492 bits per heavy atom. The van der Waals surface area contributed by atoms with Crippen LogP contribution < -0.4 is 0 Å². The van der Waals surface area contributed by atoms with Crippen LogP contribution in [-0.4, -0.2) is 12.6 Å². The third-order valence-corrected chi connectivity index (χ3v) is 14.9. The highest BCUT2D eigenvalue weighted by atomic mass is 16.5. The molecule has 0 rings (SSSR count). The first-order valence-corrected chi connectivity index (χ1v) is 31.1. The number of ether oxygens (including phenoxy) is 1. The molecule has 0 aromatic rings. The van der Waals surface area contributed by atoms with Crippen LogP contribution in [0.3, 0.4) is 0 Å². The molecule has 388 valence electrons. The van der Waals surface area contributed by atoms with Gasteiger partial charge in [0.15, 0.2) is 0 Å². The monoisotopic (exact) mass is 913 g/mol. The van der Waals surface area contributed by atoms with Gasteiger partial charge in [0.05, 0.1) is 6.61 Å². The molecule has 0 aliphatic carbocycles. The zero-order chi connectivity index (χ0) is 46.7. The van der Waals surface area contributed by atoms with E-state index in [9.17, 15) is 4.79 Å². The van der Waals surface area contributed by atoms with Gasteiger partial charge in [0, 0.05) is 6.08 Å². The van der Waals surface area contributed by atoms with Gasteiger partial charge in [-0.25, -0.2) is 4.79 Å². The molecule has 0 aromatic heterocycles. The molecule has 65 heavy (non-hydrogen) atoms. The molecule has 0 unspecified atom stereocenters. The fraction of sp³-hybridized carbons (Fsp3) is 0.952. The Balaban J connectivity index is 3.07. The average molecular weight is 914 g/mol. The number of hydrogen-bond acceptors (Lipinski definition) is 2. The molecule has 0 atom stereocenters. The number of carbonyl (C=O) groups excluding carboxylic acids is 1. The van der Waals surface area contributed by atoms with Gasteiger partial charge in [-0.2, -0.15) is 0 Å². The Kier molecular flexibility index (Phi) is 60.5. The summed E-state index contributed by atoms with van der Waals surface area (Å²) < 4.78 is 5.02. The van der Waals surface area contributed by atoms with E-state index >= 15 is 0 Å². The van der Waals surface area contributed by atoms with E-state index in [4.69, 9.17) is 4.74 Å². The number of esters is 1. The molecule has 0 amide bonds. The summed E-state index contributed by atoms with van der Waals surface area (Å²) in [5.74, 6) is -0.293. The van der Waals surface area contributed by atoms with Crippen molar-refractivity contribution in [3.8, 4) is 0 Å². The molecule has 0 saturated carbocycles. The van der Waals surface area contributed by atoms with Gasteiger partial charge in [-0.1, -0.05) is 379 Å². The lowest BCUT2D eigenvalue weighted by molar-refractivity contribution is -0.137. The van der Waals surface area contributed by atoms with E-state index in [2.05, 4.69) is 13.5 Å². The second-order valence-corrected chi connectivity index (χ2v) is 21.5. The van der Waals surface area contributed by atoms with Crippen LogP contribution in [0.1, 0.15) is 379 Å². The minimum absolute atomic E-state index is 0.293. The maximum atomic E-state index is 11.0. The molecule has 0 aromatic carbocycles. The number of carbonyl (C=O) groups is 1. The molecule has 0 saturated heterocycles. The fourth-order valence-electron chi connectivity index (χ4n) is 10.3. The van der Waals surface area contributed by atoms with Crippen LogP contribution >= 0.6 is 0 Å². The van der Waals surface area contributed by atoms with E-state index in [-0.39, 0.29) is 5.97 Å². The largest absolute Gasteiger partial charge is 0.463 e. The molecule has 0 bridgehead atoms. The van der Waals surface area contributed by atoms with Gasteiger partial charge >= 0.3 is 5.97 Å². The van der Waals surface area contributed by atoms with Crippen molar-refractivity contribution in [3.63, 3.8) is 0 Å². The summed E-state index contributed by atoms with van der Waals surface area (Å²) >= 11 is 0. The van der Waals surface area contributed by atoms with Crippen LogP contribution in [0.25, 0.3) is 0 Å². The summed E-state index contributed by atoms with van der Waals surface area (Å²) in [6.45, 7) is 6.28. The number of rotatable bonds is 60. The van der Waals surface area contributed by atoms with E-state index < -0.39 is 0 Å². The Hall–Kier alpha value is -0.790. The smallest absolute Gasteiger partial charge is 0.330 e. The van der Waals surface area contributed by atoms with Crippen molar-refractivity contribution >= 4 is 5.97 Å². The topological polar surface area (TPSA) is 26.3 Å². The molecule has 0 fully saturated rings. The van der Waals surface area contributed by atoms with Crippen LogP contribution in [0.15, 0.2) is 12.7 Å².